The lowest BCUT2D eigenvalue weighted by atomic mass is 10.1. The van der Waals surface area contributed by atoms with Crippen molar-refractivity contribution in [1.29, 1.82) is 0 Å². The summed E-state index contributed by atoms with van der Waals surface area (Å²) in [6.45, 7) is 5.39. The van der Waals surface area contributed by atoms with Crippen molar-refractivity contribution in [1.82, 2.24) is 10.2 Å². The Morgan fingerprint density at radius 3 is 2.55 bits per heavy atom. The van der Waals surface area contributed by atoms with Crippen LogP contribution in [0.4, 0.5) is 5.00 Å². The van der Waals surface area contributed by atoms with Crippen LogP contribution >= 0.6 is 11.3 Å². The third kappa shape index (κ3) is 6.72. The van der Waals surface area contributed by atoms with Crippen molar-refractivity contribution in [3.05, 3.63) is 52.2 Å². The average Bonchev–Trinajstić information content (AvgIpc) is 3.44. The number of carbonyl (C=O) groups is 3. The quantitative estimate of drug-likeness (QED) is 0.441. The molecule has 0 atom stereocenters. The molecule has 2 aromatic heterocycles. The topological polar surface area (TPSA) is 121 Å². The number of nitrogens with zero attached hydrogens (tertiary/aromatic N) is 2. The molecule has 0 radical (unpaired) electrons. The van der Waals surface area contributed by atoms with E-state index in [4.69, 9.17) is 13.9 Å². The van der Waals surface area contributed by atoms with Crippen LogP contribution in [0, 0.1) is 6.92 Å². The number of ether oxygens (including phenoxy) is 2. The third-order valence-electron chi connectivity index (χ3n) is 4.55. The molecular formula is C23H25N3O6S. The fourth-order valence-corrected chi connectivity index (χ4v) is 3.83. The van der Waals surface area contributed by atoms with E-state index in [0.717, 1.165) is 16.0 Å². The van der Waals surface area contributed by atoms with Gasteiger partial charge in [-0.3, -0.25) is 9.59 Å². The average molecular weight is 472 g/mol. The number of aryl methyl sites for hydroxylation is 3. The molecule has 1 N–H and O–H groups in total. The summed E-state index contributed by atoms with van der Waals surface area (Å²) in [5.41, 5.74) is 2.20. The monoisotopic (exact) mass is 471 g/mol. The number of amides is 1. The van der Waals surface area contributed by atoms with Crippen LogP contribution in [0.2, 0.25) is 0 Å². The molecule has 9 nitrogen and oxygen atoms in total. The van der Waals surface area contributed by atoms with Gasteiger partial charge in [-0.25, -0.2) is 4.79 Å². The van der Waals surface area contributed by atoms with Crippen LogP contribution in [-0.4, -0.2) is 41.3 Å². The van der Waals surface area contributed by atoms with Gasteiger partial charge in [0.2, 0.25) is 11.8 Å². The van der Waals surface area contributed by atoms with Gasteiger partial charge in [-0.1, -0.05) is 24.6 Å². The number of aromatic nitrogens is 2. The molecule has 3 aromatic rings. The summed E-state index contributed by atoms with van der Waals surface area (Å²) in [5, 5.41) is 10.9. The van der Waals surface area contributed by atoms with Gasteiger partial charge in [-0.05, 0) is 38.5 Å². The molecule has 174 valence electrons. The number of hydrogen-bond acceptors (Lipinski definition) is 9. The van der Waals surface area contributed by atoms with Gasteiger partial charge in [-0.2, -0.15) is 0 Å². The fourth-order valence-electron chi connectivity index (χ4n) is 2.83. The molecule has 10 heteroatoms. The van der Waals surface area contributed by atoms with E-state index in [1.807, 2.05) is 38.1 Å². The van der Waals surface area contributed by atoms with Gasteiger partial charge in [0.05, 0.1) is 18.6 Å². The van der Waals surface area contributed by atoms with Gasteiger partial charge in [0, 0.05) is 16.9 Å². The Balaban J connectivity index is 1.47. The van der Waals surface area contributed by atoms with Crippen LogP contribution < -0.4 is 5.32 Å². The maximum Gasteiger partial charge on any atom is 0.341 e. The second-order valence-electron chi connectivity index (χ2n) is 7.11. The summed E-state index contributed by atoms with van der Waals surface area (Å²) in [6, 6.07) is 9.33. The Kier molecular flexibility index (Phi) is 8.31. The molecule has 1 amide bonds. The van der Waals surface area contributed by atoms with Gasteiger partial charge >= 0.3 is 11.9 Å². The number of anilines is 1. The largest absolute Gasteiger partial charge is 0.462 e. The number of carbonyl (C=O) groups excluding carboxylic acids is 3. The Morgan fingerprint density at radius 2 is 1.85 bits per heavy atom. The first-order chi connectivity index (χ1) is 15.9. The normalized spacial score (nSPS) is 10.6. The van der Waals surface area contributed by atoms with Gasteiger partial charge in [0.1, 0.15) is 5.00 Å². The number of rotatable bonds is 10. The van der Waals surface area contributed by atoms with Gasteiger partial charge < -0.3 is 19.2 Å². The van der Waals surface area contributed by atoms with E-state index >= 15 is 0 Å². The maximum absolute atomic E-state index is 12.2. The molecule has 0 spiro atoms. The molecule has 0 fully saturated rings. The predicted octanol–water partition coefficient (Wildman–Crippen LogP) is 3.96. The van der Waals surface area contributed by atoms with Crippen LogP contribution in [0.15, 0.2) is 34.7 Å². The lowest BCUT2D eigenvalue weighted by molar-refractivity contribution is -0.147. The number of thiophene rings is 1. The van der Waals surface area contributed by atoms with E-state index in [9.17, 15) is 14.4 Å². The van der Waals surface area contributed by atoms with Crippen LogP contribution in [0.25, 0.3) is 11.5 Å². The Hall–Kier alpha value is -3.53. The summed E-state index contributed by atoms with van der Waals surface area (Å²) >= 11 is 1.28. The Bertz CT molecular complexity index is 1120. The van der Waals surface area contributed by atoms with Crippen molar-refractivity contribution < 1.29 is 28.3 Å². The van der Waals surface area contributed by atoms with Crippen LogP contribution in [0.1, 0.15) is 47.0 Å². The highest BCUT2D eigenvalue weighted by molar-refractivity contribution is 7.16. The summed E-state index contributed by atoms with van der Waals surface area (Å²) in [7, 11) is 0. The first-order valence-corrected chi connectivity index (χ1v) is 11.4. The molecule has 0 unspecified atom stereocenters. The van der Waals surface area contributed by atoms with Crippen molar-refractivity contribution in [2.75, 3.05) is 18.5 Å². The number of hydrogen-bond donors (Lipinski definition) is 1. The second kappa shape index (κ2) is 11.4. The van der Waals surface area contributed by atoms with Gasteiger partial charge in [-0.15, -0.1) is 21.5 Å². The molecule has 0 saturated heterocycles. The summed E-state index contributed by atoms with van der Waals surface area (Å²) in [6.07, 6.45) is 0.885. The van der Waals surface area contributed by atoms with Crippen molar-refractivity contribution in [3.63, 3.8) is 0 Å². The zero-order valence-electron chi connectivity index (χ0n) is 18.7. The minimum absolute atomic E-state index is 0.0180. The number of esters is 2. The third-order valence-corrected chi connectivity index (χ3v) is 5.75. The van der Waals surface area contributed by atoms with E-state index < -0.39 is 24.5 Å². The zero-order chi connectivity index (χ0) is 23.8. The standard InChI is InChI=1S/C23H25N3O6S/c1-4-16-12-17(23(29)30-5-2)22(33-16)24-18(27)13-31-20(28)11-10-19-25-26-21(32-19)15-8-6-14(3)7-9-15/h6-9,12H,4-5,10-11,13H2,1-3H3,(H,24,27). The van der Waals surface area contributed by atoms with E-state index in [1.54, 1.807) is 13.0 Å². The lowest BCUT2D eigenvalue weighted by Gasteiger charge is -2.07. The smallest absolute Gasteiger partial charge is 0.341 e. The lowest BCUT2D eigenvalue weighted by Crippen LogP contribution is -2.21. The summed E-state index contributed by atoms with van der Waals surface area (Å²) in [4.78, 5) is 37.3. The second-order valence-corrected chi connectivity index (χ2v) is 8.24. The van der Waals surface area contributed by atoms with E-state index in [0.29, 0.717) is 28.8 Å². The first kappa shape index (κ1) is 24.1. The summed E-state index contributed by atoms with van der Waals surface area (Å²) in [5.74, 6) is -0.955. The fraction of sp³-hybridized carbons (Fsp3) is 0.348. The molecule has 0 aliphatic heterocycles. The van der Waals surface area contributed by atoms with E-state index in [1.165, 1.54) is 11.3 Å². The minimum atomic E-state index is -0.578. The highest BCUT2D eigenvalue weighted by Crippen LogP contribution is 2.29. The van der Waals surface area contributed by atoms with Crippen molar-refractivity contribution in [2.24, 2.45) is 0 Å². The molecule has 2 heterocycles. The van der Waals surface area contributed by atoms with Crippen molar-refractivity contribution in [3.8, 4) is 11.5 Å². The number of nitrogens with one attached hydrogen (secondary N) is 1. The van der Waals surface area contributed by atoms with Crippen LogP contribution in [0.5, 0.6) is 0 Å². The first-order valence-electron chi connectivity index (χ1n) is 10.5. The SMILES string of the molecule is CCOC(=O)c1cc(CC)sc1NC(=O)COC(=O)CCc1nnc(-c2ccc(C)cc2)o1. The zero-order valence-corrected chi connectivity index (χ0v) is 19.5. The van der Waals surface area contributed by atoms with Crippen molar-refractivity contribution >= 4 is 34.2 Å². The van der Waals surface area contributed by atoms with Gasteiger partial charge in [0.25, 0.3) is 5.91 Å². The Morgan fingerprint density at radius 1 is 1.09 bits per heavy atom. The summed E-state index contributed by atoms with van der Waals surface area (Å²) < 4.78 is 15.6. The molecule has 0 bridgehead atoms. The highest BCUT2D eigenvalue weighted by Gasteiger charge is 2.19. The van der Waals surface area contributed by atoms with Crippen LogP contribution in [-0.2, 0) is 31.9 Å². The Labute approximate surface area is 195 Å². The van der Waals surface area contributed by atoms with Crippen molar-refractivity contribution in [2.45, 2.75) is 40.0 Å². The van der Waals surface area contributed by atoms with E-state index in [2.05, 4.69) is 15.5 Å². The van der Waals surface area contributed by atoms with E-state index in [-0.39, 0.29) is 19.4 Å². The molecular weight excluding hydrogens is 446 g/mol. The van der Waals surface area contributed by atoms with Crippen LogP contribution in [0.3, 0.4) is 0 Å². The molecule has 0 aliphatic carbocycles. The molecule has 0 aliphatic rings. The number of benzene rings is 1. The van der Waals surface area contributed by atoms with Gasteiger partial charge in [0.15, 0.2) is 6.61 Å². The molecule has 33 heavy (non-hydrogen) atoms. The predicted molar refractivity (Wildman–Crippen MR) is 122 cm³/mol. The highest BCUT2D eigenvalue weighted by atomic mass is 32.1. The molecule has 3 rings (SSSR count). The minimum Gasteiger partial charge on any atom is -0.462 e. The molecule has 0 saturated carbocycles. The maximum atomic E-state index is 12.2. The molecule has 1 aromatic carbocycles.